The van der Waals surface area contributed by atoms with E-state index in [2.05, 4.69) is 40.3 Å². The second kappa shape index (κ2) is 6.08. The highest BCUT2D eigenvalue weighted by atomic mass is 79.9. The molecule has 1 atom stereocenters. The van der Waals surface area contributed by atoms with Crippen LogP contribution in [-0.4, -0.2) is 11.7 Å². The Bertz CT molecular complexity index is 640. The van der Waals surface area contributed by atoms with Crippen molar-refractivity contribution in [2.24, 2.45) is 0 Å². The summed E-state index contributed by atoms with van der Waals surface area (Å²) < 4.78 is 6.84. The Morgan fingerprint density at radius 1 is 1.29 bits per heavy atom. The summed E-state index contributed by atoms with van der Waals surface area (Å²) in [6.45, 7) is 3.64. The van der Waals surface area contributed by atoms with Crippen molar-refractivity contribution in [2.45, 2.75) is 25.9 Å². The van der Waals surface area contributed by atoms with Crippen molar-refractivity contribution in [2.75, 3.05) is 6.61 Å². The molecule has 0 saturated carbocycles. The Hall–Kier alpha value is -1.52. The average Bonchev–Trinajstić information content (AvgIpc) is 2.93. The van der Waals surface area contributed by atoms with Crippen molar-refractivity contribution in [1.29, 1.82) is 0 Å². The van der Waals surface area contributed by atoms with E-state index >= 15 is 0 Å². The topological polar surface area (TPSA) is 41.5 Å². The Morgan fingerprint density at radius 2 is 2.05 bits per heavy atom. The third-order valence-corrected chi connectivity index (χ3v) is 4.27. The van der Waals surface area contributed by atoms with Gasteiger partial charge in [-0.2, -0.15) is 0 Å². The van der Waals surface area contributed by atoms with Gasteiger partial charge in [-0.3, -0.25) is 0 Å². The molecule has 1 aliphatic rings. The van der Waals surface area contributed by atoms with Gasteiger partial charge >= 0.3 is 0 Å². The minimum Gasteiger partial charge on any atom is -0.508 e. The zero-order valence-electron chi connectivity index (χ0n) is 11.9. The molecular weight excluding hydrogens is 330 g/mol. The maximum atomic E-state index is 9.34. The summed E-state index contributed by atoms with van der Waals surface area (Å²) in [6, 6.07) is 11.8. The number of benzene rings is 2. The number of hydrogen-bond acceptors (Lipinski definition) is 3. The van der Waals surface area contributed by atoms with Crippen LogP contribution in [0, 0.1) is 0 Å². The number of hydrogen-bond donors (Lipinski definition) is 2. The zero-order valence-corrected chi connectivity index (χ0v) is 13.5. The van der Waals surface area contributed by atoms with Crippen LogP contribution in [0.5, 0.6) is 11.5 Å². The number of rotatable bonds is 4. The van der Waals surface area contributed by atoms with Crippen molar-refractivity contribution in [3.05, 3.63) is 57.6 Å². The Labute approximate surface area is 133 Å². The van der Waals surface area contributed by atoms with Gasteiger partial charge < -0.3 is 15.2 Å². The number of aromatic hydroxyl groups is 1. The lowest BCUT2D eigenvalue weighted by atomic mass is 10.1. The quantitative estimate of drug-likeness (QED) is 0.879. The highest BCUT2D eigenvalue weighted by molar-refractivity contribution is 9.10. The van der Waals surface area contributed by atoms with Crippen LogP contribution in [0.3, 0.4) is 0 Å². The van der Waals surface area contributed by atoms with Crippen LogP contribution in [0.25, 0.3) is 0 Å². The summed E-state index contributed by atoms with van der Waals surface area (Å²) >= 11 is 3.56. The number of nitrogens with one attached hydrogen (secondary N) is 1. The maximum Gasteiger partial charge on any atom is 0.127 e. The van der Waals surface area contributed by atoms with Crippen LogP contribution in [0.15, 0.2) is 40.9 Å². The molecule has 110 valence electrons. The van der Waals surface area contributed by atoms with Crippen LogP contribution in [0.2, 0.25) is 0 Å². The summed E-state index contributed by atoms with van der Waals surface area (Å²) in [5.74, 6) is 1.33. The van der Waals surface area contributed by atoms with E-state index in [9.17, 15) is 5.11 Å². The smallest absolute Gasteiger partial charge is 0.127 e. The molecule has 0 saturated heterocycles. The lowest BCUT2D eigenvalue weighted by Crippen LogP contribution is -2.18. The fourth-order valence-electron chi connectivity index (χ4n) is 2.62. The largest absolute Gasteiger partial charge is 0.508 e. The van der Waals surface area contributed by atoms with E-state index in [0.717, 1.165) is 35.4 Å². The van der Waals surface area contributed by atoms with Crippen LogP contribution < -0.4 is 10.1 Å². The molecule has 0 bridgehead atoms. The minimum atomic E-state index is 0.210. The highest BCUT2D eigenvalue weighted by Crippen LogP contribution is 2.33. The van der Waals surface area contributed by atoms with Crippen LogP contribution in [0.4, 0.5) is 0 Å². The summed E-state index contributed by atoms with van der Waals surface area (Å²) in [6.07, 6.45) is 0.981. The molecule has 1 unspecified atom stereocenters. The van der Waals surface area contributed by atoms with E-state index in [4.69, 9.17) is 4.74 Å². The molecule has 0 aromatic heterocycles. The van der Waals surface area contributed by atoms with Crippen molar-refractivity contribution < 1.29 is 9.84 Å². The Morgan fingerprint density at radius 3 is 2.81 bits per heavy atom. The molecule has 3 nitrogen and oxygen atoms in total. The number of fused-ring (bicyclic) bond motifs is 1. The summed E-state index contributed by atoms with van der Waals surface area (Å²) in [5.41, 5.74) is 3.61. The average molecular weight is 348 g/mol. The number of halogens is 1. The summed E-state index contributed by atoms with van der Waals surface area (Å²) in [5, 5.41) is 12.8. The van der Waals surface area contributed by atoms with Crippen molar-refractivity contribution >= 4 is 15.9 Å². The number of ether oxygens (including phenoxy) is 1. The predicted octanol–water partition coefficient (Wildman–Crippen LogP) is 3.94. The van der Waals surface area contributed by atoms with Gasteiger partial charge in [0.05, 0.1) is 6.61 Å². The molecule has 1 aliphatic heterocycles. The van der Waals surface area contributed by atoms with Gasteiger partial charge in [-0.25, -0.2) is 0 Å². The van der Waals surface area contributed by atoms with Crippen LogP contribution in [0.1, 0.15) is 29.7 Å². The second-order valence-electron chi connectivity index (χ2n) is 5.35. The third kappa shape index (κ3) is 3.22. The lowest BCUT2D eigenvalue weighted by molar-refractivity contribution is 0.351. The van der Waals surface area contributed by atoms with Gasteiger partial charge in [-0.15, -0.1) is 0 Å². The molecule has 2 aromatic rings. The van der Waals surface area contributed by atoms with E-state index in [0.29, 0.717) is 5.75 Å². The van der Waals surface area contributed by atoms with Gasteiger partial charge in [0.2, 0.25) is 0 Å². The van der Waals surface area contributed by atoms with Crippen LogP contribution in [-0.2, 0) is 13.0 Å². The molecule has 0 radical (unpaired) electrons. The van der Waals surface area contributed by atoms with Gasteiger partial charge in [0.15, 0.2) is 0 Å². The third-order valence-electron chi connectivity index (χ3n) is 3.82. The lowest BCUT2D eigenvalue weighted by Gasteiger charge is -2.16. The molecule has 4 heteroatoms. The van der Waals surface area contributed by atoms with E-state index in [-0.39, 0.29) is 6.04 Å². The number of phenolic OH excluding ortho intramolecular Hbond substituents is 1. The molecule has 2 N–H and O–H groups in total. The Kier molecular flexibility index (Phi) is 4.17. The van der Waals surface area contributed by atoms with Gasteiger partial charge in [0, 0.05) is 29.0 Å². The van der Waals surface area contributed by atoms with E-state index < -0.39 is 0 Å². The highest BCUT2D eigenvalue weighted by Gasteiger charge is 2.17. The van der Waals surface area contributed by atoms with Crippen molar-refractivity contribution in [1.82, 2.24) is 5.32 Å². The van der Waals surface area contributed by atoms with E-state index in [1.807, 2.05) is 12.1 Å². The summed E-state index contributed by atoms with van der Waals surface area (Å²) in [4.78, 5) is 0. The van der Waals surface area contributed by atoms with E-state index in [1.54, 1.807) is 12.1 Å². The monoisotopic (exact) mass is 347 g/mol. The molecule has 2 aromatic carbocycles. The van der Waals surface area contributed by atoms with Crippen molar-refractivity contribution in [3.63, 3.8) is 0 Å². The van der Waals surface area contributed by atoms with E-state index in [1.165, 1.54) is 11.1 Å². The molecule has 0 fully saturated rings. The molecular formula is C17H18BrNO2. The van der Waals surface area contributed by atoms with Gasteiger partial charge in [0.1, 0.15) is 11.5 Å². The fourth-order valence-corrected chi connectivity index (χ4v) is 3.17. The molecule has 0 spiro atoms. The first-order valence-corrected chi connectivity index (χ1v) is 7.89. The molecule has 21 heavy (non-hydrogen) atoms. The Balaban J connectivity index is 1.72. The number of phenols is 1. The molecule has 0 amide bonds. The second-order valence-corrected chi connectivity index (χ2v) is 6.26. The van der Waals surface area contributed by atoms with Gasteiger partial charge in [0.25, 0.3) is 0 Å². The van der Waals surface area contributed by atoms with Crippen LogP contribution >= 0.6 is 15.9 Å². The van der Waals surface area contributed by atoms with Gasteiger partial charge in [-0.1, -0.05) is 28.1 Å². The standard InChI is InChI=1S/C17H18BrNO2/c1-11(12-2-4-16(20)5-3-12)19-10-14-9-15(18)8-13-6-7-21-17(13)14/h2-5,8-9,11,19-20H,6-7,10H2,1H3. The fraction of sp³-hybridized carbons (Fsp3) is 0.294. The minimum absolute atomic E-state index is 0.210. The van der Waals surface area contributed by atoms with Crippen molar-refractivity contribution in [3.8, 4) is 11.5 Å². The predicted molar refractivity (Wildman–Crippen MR) is 86.7 cm³/mol. The normalized spacial score (nSPS) is 14.6. The molecule has 1 heterocycles. The molecule has 0 aliphatic carbocycles. The maximum absolute atomic E-state index is 9.34. The molecule has 3 rings (SSSR count). The first kappa shape index (κ1) is 14.4. The SMILES string of the molecule is CC(NCc1cc(Br)cc2c1OCC2)c1ccc(O)cc1. The summed E-state index contributed by atoms with van der Waals surface area (Å²) in [7, 11) is 0. The zero-order chi connectivity index (χ0) is 14.8. The van der Waals surface area contributed by atoms with Gasteiger partial charge in [-0.05, 0) is 42.3 Å². The first-order chi connectivity index (χ1) is 10.1. The first-order valence-electron chi connectivity index (χ1n) is 7.10.